The Morgan fingerprint density at radius 3 is 1.91 bits per heavy atom. The molecule has 0 saturated carbocycles. The first-order valence-electron chi connectivity index (χ1n) is 13.1. The predicted molar refractivity (Wildman–Crippen MR) is 146 cm³/mol. The van der Waals surface area contributed by atoms with Gasteiger partial charge in [-0.15, -0.1) is 11.3 Å². The molecule has 0 aliphatic rings. The summed E-state index contributed by atoms with van der Waals surface area (Å²) in [6, 6.07) is 22.3. The van der Waals surface area contributed by atoms with Crippen molar-refractivity contribution in [3.05, 3.63) is 87.4 Å². The van der Waals surface area contributed by atoms with E-state index in [-0.39, 0.29) is 0 Å². The second-order valence-electron chi connectivity index (χ2n) is 9.75. The van der Waals surface area contributed by atoms with Crippen LogP contribution < -0.4 is 0 Å². The van der Waals surface area contributed by atoms with Gasteiger partial charge in [-0.3, -0.25) is 0 Å². The lowest BCUT2D eigenvalue weighted by Crippen LogP contribution is -2.13. The van der Waals surface area contributed by atoms with Crippen molar-refractivity contribution in [2.45, 2.75) is 103 Å². The van der Waals surface area contributed by atoms with Crippen molar-refractivity contribution in [1.29, 1.82) is 0 Å². The highest BCUT2D eigenvalue weighted by atomic mass is 32.1. The molecule has 33 heavy (non-hydrogen) atoms. The van der Waals surface area contributed by atoms with E-state index in [4.69, 9.17) is 4.98 Å². The first-order chi connectivity index (χ1) is 16.1. The number of benzene rings is 2. The second kappa shape index (κ2) is 13.7. The van der Waals surface area contributed by atoms with Crippen LogP contribution in [0, 0.1) is 13.8 Å². The summed E-state index contributed by atoms with van der Waals surface area (Å²) in [6.45, 7) is 9.07. The van der Waals surface area contributed by atoms with Crippen molar-refractivity contribution < 1.29 is 0 Å². The first kappa shape index (κ1) is 25.7. The molecule has 0 saturated heterocycles. The predicted octanol–water partition coefficient (Wildman–Crippen LogP) is 9.96. The highest BCUT2D eigenvalue weighted by Crippen LogP contribution is 2.43. The van der Waals surface area contributed by atoms with Gasteiger partial charge in [-0.1, -0.05) is 119 Å². The summed E-state index contributed by atoms with van der Waals surface area (Å²) < 4.78 is 0. The maximum absolute atomic E-state index is 5.06. The molecule has 1 heterocycles. The molecule has 0 spiro atoms. The molecule has 3 aromatic rings. The lowest BCUT2D eigenvalue weighted by atomic mass is 9.78. The van der Waals surface area contributed by atoms with E-state index in [1.807, 2.05) is 11.3 Å². The van der Waals surface area contributed by atoms with E-state index >= 15 is 0 Å². The van der Waals surface area contributed by atoms with Gasteiger partial charge in [0, 0.05) is 10.8 Å². The Morgan fingerprint density at radius 2 is 1.33 bits per heavy atom. The largest absolute Gasteiger partial charge is 0.246 e. The van der Waals surface area contributed by atoms with E-state index in [2.05, 4.69) is 88.4 Å². The average Bonchev–Trinajstić information content (AvgIpc) is 3.18. The molecule has 0 amide bonds. The molecule has 1 aromatic heterocycles. The Hall–Kier alpha value is -1.93. The van der Waals surface area contributed by atoms with Gasteiger partial charge in [0.2, 0.25) is 0 Å². The summed E-state index contributed by atoms with van der Waals surface area (Å²) in [5.41, 5.74) is 4.12. The van der Waals surface area contributed by atoms with Crippen molar-refractivity contribution >= 4 is 11.3 Å². The summed E-state index contributed by atoms with van der Waals surface area (Å²) in [4.78, 5) is 6.42. The smallest absolute Gasteiger partial charge is 0.0968 e. The van der Waals surface area contributed by atoms with Gasteiger partial charge in [0.25, 0.3) is 0 Å². The number of hydrogen-bond acceptors (Lipinski definition) is 2. The average molecular weight is 462 g/mol. The van der Waals surface area contributed by atoms with Crippen LogP contribution in [0.4, 0.5) is 0 Å². The number of nitrogens with zero attached hydrogens (tertiary/aromatic N) is 1. The van der Waals surface area contributed by atoms with E-state index in [0.717, 1.165) is 0 Å². The number of aryl methyl sites for hydroxylation is 2. The van der Waals surface area contributed by atoms with Gasteiger partial charge in [-0.05, 0) is 49.7 Å². The van der Waals surface area contributed by atoms with Gasteiger partial charge >= 0.3 is 0 Å². The molecule has 2 heteroatoms. The van der Waals surface area contributed by atoms with Crippen molar-refractivity contribution in [2.75, 3.05) is 0 Å². The highest BCUT2D eigenvalue weighted by Gasteiger charge is 2.28. The summed E-state index contributed by atoms with van der Waals surface area (Å²) in [5.74, 6) is 1.48. The Bertz CT molecular complexity index is 895. The standard InChI is InChI=1S/C31H43NS/c1-5-6-7-8-9-10-13-22-29(28-20-16-12-17-21-28)23-30(31-32-25(3)26(4)33-31)24(2)27-18-14-11-15-19-27/h11-12,14-21,24,29-30H,5-10,13,22-23H2,1-4H3. The lowest BCUT2D eigenvalue weighted by Gasteiger charge is -2.28. The number of thiazole rings is 1. The first-order valence-corrected chi connectivity index (χ1v) is 14.0. The van der Waals surface area contributed by atoms with Crippen LogP contribution in [0.25, 0.3) is 0 Å². The molecule has 3 unspecified atom stereocenters. The maximum Gasteiger partial charge on any atom is 0.0968 e. The number of unbranched alkanes of at least 4 members (excludes halogenated alkanes) is 6. The molecule has 3 atom stereocenters. The van der Waals surface area contributed by atoms with Gasteiger partial charge in [-0.25, -0.2) is 4.98 Å². The van der Waals surface area contributed by atoms with E-state index < -0.39 is 0 Å². The van der Waals surface area contributed by atoms with Crippen molar-refractivity contribution in [3.63, 3.8) is 0 Å². The van der Waals surface area contributed by atoms with Crippen molar-refractivity contribution in [3.8, 4) is 0 Å². The minimum Gasteiger partial charge on any atom is -0.246 e. The molecule has 0 radical (unpaired) electrons. The molecular weight excluding hydrogens is 418 g/mol. The van der Waals surface area contributed by atoms with Crippen LogP contribution in [-0.2, 0) is 0 Å². The minimum atomic E-state index is 0.444. The van der Waals surface area contributed by atoms with Gasteiger partial charge in [0.1, 0.15) is 0 Å². The molecule has 0 aliphatic heterocycles. The summed E-state index contributed by atoms with van der Waals surface area (Å²) in [6.07, 6.45) is 12.0. The van der Waals surface area contributed by atoms with E-state index in [0.29, 0.717) is 17.8 Å². The molecule has 0 fully saturated rings. The summed E-state index contributed by atoms with van der Waals surface area (Å²) >= 11 is 1.91. The fourth-order valence-electron chi connectivity index (χ4n) is 4.96. The Morgan fingerprint density at radius 1 is 0.758 bits per heavy atom. The Labute approximate surface area is 206 Å². The van der Waals surface area contributed by atoms with Gasteiger partial charge in [0.05, 0.1) is 10.7 Å². The van der Waals surface area contributed by atoms with Crippen LogP contribution >= 0.6 is 11.3 Å². The summed E-state index contributed by atoms with van der Waals surface area (Å²) in [7, 11) is 0. The molecule has 2 aromatic carbocycles. The van der Waals surface area contributed by atoms with Crippen LogP contribution in [0.15, 0.2) is 60.7 Å². The second-order valence-corrected chi connectivity index (χ2v) is 11.0. The highest BCUT2D eigenvalue weighted by molar-refractivity contribution is 7.11. The molecule has 0 bridgehead atoms. The Kier molecular flexibility index (Phi) is 10.7. The van der Waals surface area contributed by atoms with E-state index in [1.165, 1.54) is 84.5 Å². The molecule has 3 rings (SSSR count). The molecule has 178 valence electrons. The molecular formula is C31H43NS. The quantitative estimate of drug-likeness (QED) is 0.218. The topological polar surface area (TPSA) is 12.9 Å². The van der Waals surface area contributed by atoms with E-state index in [1.54, 1.807) is 0 Å². The SMILES string of the molecule is CCCCCCCCCC(CC(c1nc(C)c(C)s1)C(C)c1ccccc1)c1ccccc1. The zero-order valence-electron chi connectivity index (χ0n) is 21.2. The minimum absolute atomic E-state index is 0.444. The third-order valence-corrected chi connectivity index (χ3v) is 8.46. The fraction of sp³-hybridized carbons (Fsp3) is 0.516. The number of rotatable bonds is 14. The molecule has 0 aliphatic carbocycles. The zero-order chi connectivity index (χ0) is 23.5. The van der Waals surface area contributed by atoms with Gasteiger partial charge in [0.15, 0.2) is 0 Å². The van der Waals surface area contributed by atoms with Gasteiger partial charge in [-0.2, -0.15) is 0 Å². The zero-order valence-corrected chi connectivity index (χ0v) is 22.0. The number of aromatic nitrogens is 1. The van der Waals surface area contributed by atoms with Crippen molar-refractivity contribution in [2.24, 2.45) is 0 Å². The maximum atomic E-state index is 5.06. The van der Waals surface area contributed by atoms with Crippen LogP contribution in [0.3, 0.4) is 0 Å². The third-order valence-electron chi connectivity index (χ3n) is 7.26. The number of hydrogen-bond donors (Lipinski definition) is 0. The third kappa shape index (κ3) is 7.81. The monoisotopic (exact) mass is 461 g/mol. The van der Waals surface area contributed by atoms with Crippen molar-refractivity contribution in [1.82, 2.24) is 4.98 Å². The molecule has 1 nitrogen and oxygen atoms in total. The fourth-order valence-corrected chi connectivity index (χ4v) is 6.11. The van der Waals surface area contributed by atoms with Gasteiger partial charge < -0.3 is 0 Å². The normalized spacial score (nSPS) is 14.2. The van der Waals surface area contributed by atoms with Crippen LogP contribution in [0.2, 0.25) is 0 Å². The van der Waals surface area contributed by atoms with Crippen LogP contribution in [0.5, 0.6) is 0 Å². The Balaban J connectivity index is 1.77. The molecule has 0 N–H and O–H groups in total. The van der Waals surface area contributed by atoms with Crippen LogP contribution in [-0.4, -0.2) is 4.98 Å². The summed E-state index contributed by atoms with van der Waals surface area (Å²) in [5, 5.41) is 1.32. The lowest BCUT2D eigenvalue weighted by molar-refractivity contribution is 0.440. The van der Waals surface area contributed by atoms with E-state index in [9.17, 15) is 0 Å². The van der Waals surface area contributed by atoms with Crippen LogP contribution in [0.1, 0.15) is 116 Å².